The van der Waals surface area contributed by atoms with E-state index in [0.717, 1.165) is 5.56 Å². The first-order chi connectivity index (χ1) is 7.09. The molecule has 0 heterocycles. The van der Waals surface area contributed by atoms with Crippen molar-refractivity contribution < 1.29 is 15.0 Å². The predicted octanol–water partition coefficient (Wildman–Crippen LogP) is 1.15. The number of carboxylic acid groups (broad SMARTS) is 1. The normalized spacial score (nSPS) is 11.0. The van der Waals surface area contributed by atoms with Crippen molar-refractivity contribution in [2.45, 2.75) is 12.5 Å². The number of phenolic OH excluding ortho intramolecular Hbond substituents is 1. The maximum absolute atomic E-state index is 10.4. The Bertz CT molecular complexity index is 325. The Labute approximate surface area is 88.7 Å². The SMILES string of the molecule is C=C.N[C@@H](Cc1cccc(O)c1)C(=O)O. The lowest BCUT2D eigenvalue weighted by Gasteiger charge is -2.05. The Hall–Kier alpha value is -1.81. The van der Waals surface area contributed by atoms with Crippen molar-refractivity contribution in [2.75, 3.05) is 0 Å². The minimum Gasteiger partial charge on any atom is -0.508 e. The van der Waals surface area contributed by atoms with Crippen LogP contribution in [0.5, 0.6) is 5.75 Å². The van der Waals surface area contributed by atoms with E-state index in [1.165, 1.54) is 12.1 Å². The summed E-state index contributed by atoms with van der Waals surface area (Å²) in [6.07, 6.45) is 0.226. The molecule has 0 radical (unpaired) electrons. The number of benzene rings is 1. The van der Waals surface area contributed by atoms with E-state index in [4.69, 9.17) is 15.9 Å². The third kappa shape index (κ3) is 4.83. The molecule has 4 nitrogen and oxygen atoms in total. The highest BCUT2D eigenvalue weighted by molar-refractivity contribution is 5.73. The van der Waals surface area contributed by atoms with E-state index in [1.54, 1.807) is 12.1 Å². The smallest absolute Gasteiger partial charge is 0.320 e. The molecule has 1 rings (SSSR count). The van der Waals surface area contributed by atoms with Gasteiger partial charge in [-0.3, -0.25) is 4.79 Å². The zero-order valence-corrected chi connectivity index (χ0v) is 8.39. The van der Waals surface area contributed by atoms with Crippen molar-refractivity contribution in [3.8, 4) is 5.75 Å². The van der Waals surface area contributed by atoms with Gasteiger partial charge in [-0.05, 0) is 24.1 Å². The van der Waals surface area contributed by atoms with Gasteiger partial charge >= 0.3 is 5.97 Å². The standard InChI is InChI=1S/C9H11NO3.C2H4/c10-8(9(12)13)5-6-2-1-3-7(11)4-6;1-2/h1-4,8,11H,5,10H2,(H,12,13);1-2H2/t8-;/m0./s1. The number of aromatic hydroxyl groups is 1. The van der Waals surface area contributed by atoms with Crippen LogP contribution in [0.3, 0.4) is 0 Å². The molecule has 0 spiro atoms. The number of hydrogen-bond acceptors (Lipinski definition) is 3. The van der Waals surface area contributed by atoms with E-state index in [9.17, 15) is 4.79 Å². The van der Waals surface area contributed by atoms with Crippen LogP contribution >= 0.6 is 0 Å². The number of hydrogen-bond donors (Lipinski definition) is 3. The highest BCUT2D eigenvalue weighted by Crippen LogP contribution is 2.11. The van der Waals surface area contributed by atoms with Crippen molar-refractivity contribution in [1.82, 2.24) is 0 Å². The van der Waals surface area contributed by atoms with Crippen LogP contribution in [-0.4, -0.2) is 22.2 Å². The zero-order valence-electron chi connectivity index (χ0n) is 8.39. The molecule has 0 bridgehead atoms. The third-order valence-corrected chi connectivity index (χ3v) is 1.68. The van der Waals surface area contributed by atoms with Crippen molar-refractivity contribution in [2.24, 2.45) is 5.73 Å². The van der Waals surface area contributed by atoms with Crippen LogP contribution in [0.4, 0.5) is 0 Å². The van der Waals surface area contributed by atoms with Crippen molar-refractivity contribution >= 4 is 5.97 Å². The fourth-order valence-electron chi connectivity index (χ4n) is 1.02. The third-order valence-electron chi connectivity index (χ3n) is 1.68. The molecule has 4 N–H and O–H groups in total. The molecule has 1 aromatic carbocycles. The summed E-state index contributed by atoms with van der Waals surface area (Å²) in [6.45, 7) is 6.00. The molecule has 0 amide bonds. The Morgan fingerprint density at radius 3 is 2.53 bits per heavy atom. The summed E-state index contributed by atoms with van der Waals surface area (Å²) in [5.74, 6) is -0.918. The van der Waals surface area contributed by atoms with Crippen molar-refractivity contribution in [3.05, 3.63) is 43.0 Å². The van der Waals surface area contributed by atoms with E-state index in [1.807, 2.05) is 0 Å². The van der Waals surface area contributed by atoms with Gasteiger partial charge in [0.15, 0.2) is 0 Å². The van der Waals surface area contributed by atoms with Crippen molar-refractivity contribution in [3.63, 3.8) is 0 Å². The summed E-state index contributed by atoms with van der Waals surface area (Å²) in [6, 6.07) is 5.49. The van der Waals surface area contributed by atoms with Gasteiger partial charge in [0.05, 0.1) is 0 Å². The summed E-state index contributed by atoms with van der Waals surface area (Å²) in [7, 11) is 0. The largest absolute Gasteiger partial charge is 0.508 e. The van der Waals surface area contributed by atoms with Gasteiger partial charge in [0.2, 0.25) is 0 Å². The molecular formula is C11H15NO3. The van der Waals surface area contributed by atoms with Gasteiger partial charge < -0.3 is 15.9 Å². The molecule has 0 aliphatic rings. The fraction of sp³-hybridized carbons (Fsp3) is 0.182. The van der Waals surface area contributed by atoms with Crippen LogP contribution in [-0.2, 0) is 11.2 Å². The van der Waals surface area contributed by atoms with Crippen LogP contribution in [0, 0.1) is 0 Å². The van der Waals surface area contributed by atoms with Gasteiger partial charge in [-0.1, -0.05) is 12.1 Å². The second-order valence-corrected chi connectivity index (χ2v) is 2.82. The Morgan fingerprint density at radius 1 is 1.47 bits per heavy atom. The monoisotopic (exact) mass is 209 g/mol. The van der Waals surface area contributed by atoms with E-state index in [0.29, 0.717) is 0 Å². The van der Waals surface area contributed by atoms with Crippen LogP contribution in [0.25, 0.3) is 0 Å². The van der Waals surface area contributed by atoms with Crippen LogP contribution in [0.2, 0.25) is 0 Å². The van der Waals surface area contributed by atoms with Gasteiger partial charge in [-0.2, -0.15) is 0 Å². The maximum Gasteiger partial charge on any atom is 0.320 e. The first-order valence-corrected chi connectivity index (χ1v) is 4.36. The highest BCUT2D eigenvalue weighted by atomic mass is 16.4. The predicted molar refractivity (Wildman–Crippen MR) is 58.7 cm³/mol. The Kier molecular flexibility index (Phi) is 5.82. The Morgan fingerprint density at radius 2 is 2.07 bits per heavy atom. The van der Waals surface area contributed by atoms with Gasteiger partial charge in [0.25, 0.3) is 0 Å². The minimum absolute atomic E-state index is 0.120. The molecular weight excluding hydrogens is 194 g/mol. The number of nitrogens with two attached hydrogens (primary N) is 1. The van der Waals surface area contributed by atoms with E-state index in [-0.39, 0.29) is 12.2 Å². The first-order valence-electron chi connectivity index (χ1n) is 4.36. The molecule has 0 saturated carbocycles. The number of carbonyl (C=O) groups is 1. The molecule has 0 aliphatic carbocycles. The lowest BCUT2D eigenvalue weighted by molar-refractivity contribution is -0.138. The van der Waals surface area contributed by atoms with Gasteiger partial charge in [0, 0.05) is 0 Å². The quantitative estimate of drug-likeness (QED) is 0.652. The second-order valence-electron chi connectivity index (χ2n) is 2.82. The molecule has 1 aromatic rings. The number of rotatable bonds is 3. The lowest BCUT2D eigenvalue weighted by atomic mass is 10.1. The molecule has 0 fully saturated rings. The molecule has 82 valence electrons. The van der Waals surface area contributed by atoms with Crippen LogP contribution < -0.4 is 5.73 Å². The topological polar surface area (TPSA) is 83.5 Å². The molecule has 1 atom stereocenters. The summed E-state index contributed by atoms with van der Waals surface area (Å²) >= 11 is 0. The molecule has 15 heavy (non-hydrogen) atoms. The number of carboxylic acids is 1. The summed E-state index contributed by atoms with van der Waals surface area (Å²) in [4.78, 5) is 10.4. The minimum atomic E-state index is -1.04. The fourth-order valence-corrected chi connectivity index (χ4v) is 1.02. The molecule has 4 heteroatoms. The summed E-state index contributed by atoms with van der Waals surface area (Å²) < 4.78 is 0. The van der Waals surface area contributed by atoms with E-state index >= 15 is 0 Å². The van der Waals surface area contributed by atoms with E-state index < -0.39 is 12.0 Å². The zero-order chi connectivity index (χ0) is 11.8. The summed E-state index contributed by atoms with van der Waals surface area (Å²) in [5, 5.41) is 17.6. The first kappa shape index (κ1) is 13.2. The summed E-state index contributed by atoms with van der Waals surface area (Å²) in [5.41, 5.74) is 6.03. The van der Waals surface area contributed by atoms with Gasteiger partial charge in [0.1, 0.15) is 11.8 Å². The van der Waals surface area contributed by atoms with E-state index in [2.05, 4.69) is 13.2 Å². The molecule has 0 aliphatic heterocycles. The maximum atomic E-state index is 10.4. The molecule has 0 unspecified atom stereocenters. The highest BCUT2D eigenvalue weighted by Gasteiger charge is 2.11. The number of aliphatic carboxylic acids is 1. The molecule has 0 aromatic heterocycles. The average molecular weight is 209 g/mol. The van der Waals surface area contributed by atoms with Crippen LogP contribution in [0.15, 0.2) is 37.4 Å². The van der Waals surface area contributed by atoms with Crippen LogP contribution in [0.1, 0.15) is 5.56 Å². The second kappa shape index (κ2) is 6.62. The van der Waals surface area contributed by atoms with Gasteiger partial charge in [-0.15, -0.1) is 13.2 Å². The average Bonchev–Trinajstić information content (AvgIpc) is 2.20. The lowest BCUT2D eigenvalue weighted by Crippen LogP contribution is -2.32. The number of phenols is 1. The van der Waals surface area contributed by atoms with Gasteiger partial charge in [-0.25, -0.2) is 0 Å². The molecule has 0 saturated heterocycles. The Balaban J connectivity index is 0.000000921. The van der Waals surface area contributed by atoms with Crippen molar-refractivity contribution in [1.29, 1.82) is 0 Å².